The molecule has 1 amide bonds. The first-order valence-electron chi connectivity index (χ1n) is 4.03. The maximum atomic E-state index is 11.3. The minimum atomic E-state index is -1.13. The number of carboxylic acids is 1. The van der Waals surface area contributed by atoms with Crippen LogP contribution < -0.4 is 5.32 Å². The first-order valence-corrected chi connectivity index (χ1v) is 4.44. The zero-order valence-corrected chi connectivity index (χ0v) is 11.4. The number of hydrogen-bond acceptors (Lipinski definition) is 3. The molecule has 0 spiro atoms. The topological polar surface area (TPSA) is 80.5 Å². The van der Waals surface area contributed by atoms with Crippen LogP contribution in [0.5, 0.6) is 0 Å². The van der Waals surface area contributed by atoms with Gasteiger partial charge in [-0.1, -0.05) is 18.3 Å². The quantitative estimate of drug-likeness (QED) is 0.590. The predicted octanol–water partition coefficient (Wildman–Crippen LogP) is 0.218. The standard InChI is InChI=1S/C8H10N2O3S.Cm/c11-6(12)4-10-7(13)5-2-1-3-9-8(5)14;/h2H,1,3-4H2,(H3,9,10,11,12,13,14);/p-1. The van der Waals surface area contributed by atoms with E-state index in [1.807, 2.05) is 0 Å². The van der Waals surface area contributed by atoms with Gasteiger partial charge in [0.15, 0.2) is 0 Å². The molecular formula is C8H9CmN2O3S-. The molecule has 1 rings (SSSR count). The SMILES string of the molecule is O=C(O)C[N-]C(=O)C1=CCCNC1=S.[Cm]. The smallest absolute Gasteiger partial charge is 0.285 e. The molecule has 2 N–H and O–H groups in total. The van der Waals surface area contributed by atoms with E-state index >= 15 is 0 Å². The molecule has 84 valence electrons. The normalized spacial score (nSPS) is 14.4. The van der Waals surface area contributed by atoms with Crippen LogP contribution in [0.1, 0.15) is 6.42 Å². The fourth-order valence-corrected chi connectivity index (χ4v) is 1.27. The van der Waals surface area contributed by atoms with E-state index in [1.165, 1.54) is 0 Å². The van der Waals surface area contributed by atoms with Gasteiger partial charge in [0.25, 0.3) is 5.97 Å². The van der Waals surface area contributed by atoms with Crippen LogP contribution in [-0.4, -0.2) is 35.1 Å². The molecular weight excluding hydrogens is 451 g/mol. The summed E-state index contributed by atoms with van der Waals surface area (Å²) in [6.07, 6.45) is 2.37. The third kappa shape index (κ3) is 3.43. The Morgan fingerprint density at radius 1 is 1.60 bits per heavy atom. The van der Waals surface area contributed by atoms with Crippen molar-refractivity contribution in [1.82, 2.24) is 5.32 Å². The summed E-state index contributed by atoms with van der Waals surface area (Å²) in [5.74, 6) is -1.70. The molecule has 0 bridgehead atoms. The summed E-state index contributed by atoms with van der Waals surface area (Å²) in [5.41, 5.74) is 0.299. The van der Waals surface area contributed by atoms with Crippen molar-refractivity contribution in [2.24, 2.45) is 0 Å². The first kappa shape index (κ1) is 12.6. The molecule has 0 atom stereocenters. The molecule has 0 fully saturated rings. The Morgan fingerprint density at radius 3 is 2.80 bits per heavy atom. The summed E-state index contributed by atoms with van der Waals surface area (Å²) < 4.78 is 0. The van der Waals surface area contributed by atoms with Gasteiger partial charge >= 0.3 is 0 Å². The van der Waals surface area contributed by atoms with Gasteiger partial charge in [0.2, 0.25) is 0 Å². The van der Waals surface area contributed by atoms with Gasteiger partial charge in [-0.05, 0) is 13.0 Å². The van der Waals surface area contributed by atoms with Gasteiger partial charge in [0, 0.05) is 12.1 Å². The minimum absolute atomic E-state index is 0. The number of nitrogens with zero attached hydrogens (tertiary/aromatic N) is 1. The fraction of sp³-hybridized carbons (Fsp3) is 0.375. The van der Waals surface area contributed by atoms with Crippen LogP contribution >= 0.6 is 12.2 Å². The van der Waals surface area contributed by atoms with E-state index in [0.29, 0.717) is 23.5 Å². The molecule has 1 aliphatic heterocycles. The minimum Gasteiger partial charge on any atom is -0.640 e. The van der Waals surface area contributed by atoms with Crippen molar-refractivity contribution >= 4 is 29.1 Å². The molecule has 0 saturated carbocycles. The zero-order chi connectivity index (χ0) is 10.6. The van der Waals surface area contributed by atoms with Crippen molar-refractivity contribution in [1.29, 1.82) is 0 Å². The Bertz CT molecular complexity index is 317. The van der Waals surface area contributed by atoms with Crippen molar-refractivity contribution in [3.05, 3.63) is 17.0 Å². The number of aliphatic carboxylic acids is 1. The molecule has 15 heavy (non-hydrogen) atoms. The number of amides is 1. The van der Waals surface area contributed by atoms with Gasteiger partial charge < -0.3 is 20.5 Å². The van der Waals surface area contributed by atoms with E-state index in [2.05, 4.69) is 10.6 Å². The second-order valence-electron chi connectivity index (χ2n) is 2.68. The van der Waals surface area contributed by atoms with Crippen molar-refractivity contribution in [3.8, 4) is 0 Å². The van der Waals surface area contributed by atoms with E-state index in [9.17, 15) is 9.59 Å². The molecule has 0 aromatic heterocycles. The van der Waals surface area contributed by atoms with Gasteiger partial charge in [-0.25, -0.2) is 0 Å². The largest absolute Gasteiger partial charge is 0.640 e. The average molecular weight is 460 g/mol. The molecule has 1 aliphatic rings. The number of hydrogen-bond donors (Lipinski definition) is 2. The van der Waals surface area contributed by atoms with Crippen LogP contribution in [0.3, 0.4) is 0 Å². The summed E-state index contributed by atoms with van der Waals surface area (Å²) >= 11 is 4.88. The van der Waals surface area contributed by atoms with Crippen LogP contribution in [-0.2, 0) is 9.59 Å². The van der Waals surface area contributed by atoms with Crippen molar-refractivity contribution in [2.75, 3.05) is 13.1 Å². The number of carboxylic acid groups (broad SMARTS) is 1. The van der Waals surface area contributed by atoms with Crippen LogP contribution in [0.15, 0.2) is 11.6 Å². The Hall–Kier alpha value is -2.43. The first-order chi connectivity index (χ1) is 6.61. The van der Waals surface area contributed by atoms with Crippen LogP contribution in [0.25, 0.3) is 5.32 Å². The molecule has 7 heteroatoms. The average Bonchev–Trinajstić information content (AvgIpc) is 2.15. The van der Waals surface area contributed by atoms with Crippen molar-refractivity contribution < 1.29 is 14.7 Å². The van der Waals surface area contributed by atoms with Crippen LogP contribution in [0.4, 0.5) is 0 Å². The number of thiocarbonyl (C=S) groups is 1. The second kappa shape index (κ2) is 5.33. The van der Waals surface area contributed by atoms with E-state index < -0.39 is 18.4 Å². The summed E-state index contributed by atoms with van der Waals surface area (Å²) in [5, 5.41) is 14.5. The van der Waals surface area contributed by atoms with Crippen molar-refractivity contribution in [2.45, 2.75) is 6.42 Å². The molecule has 1 heterocycles. The van der Waals surface area contributed by atoms with Crippen molar-refractivity contribution in [3.63, 3.8) is 0 Å². The van der Waals surface area contributed by atoms with E-state index in [1.54, 1.807) is 6.08 Å². The van der Waals surface area contributed by atoms with E-state index in [4.69, 9.17) is 17.3 Å². The molecule has 0 unspecified atom stereocenters. The van der Waals surface area contributed by atoms with Gasteiger partial charge in [-0.15, -0.1) is 0 Å². The van der Waals surface area contributed by atoms with Crippen LogP contribution in [0.2, 0.25) is 0 Å². The third-order valence-corrected chi connectivity index (χ3v) is 1.98. The molecule has 0 aromatic carbocycles. The monoisotopic (exact) mass is 456 g/mol. The summed E-state index contributed by atoms with van der Waals surface area (Å²) in [4.78, 5) is 21.8. The molecule has 0 aliphatic carbocycles. The summed E-state index contributed by atoms with van der Waals surface area (Å²) in [6, 6.07) is 0. The number of carbonyl (C=O) groups excluding carboxylic acids is 1. The van der Waals surface area contributed by atoms with Gasteiger partial charge in [-0.2, -0.15) is 0 Å². The number of carbonyl (C=O) groups is 2. The fourth-order valence-electron chi connectivity index (χ4n) is 0.999. The maximum Gasteiger partial charge on any atom is 0.285 e. The summed E-state index contributed by atoms with van der Waals surface area (Å²) in [7, 11) is 0. The molecule has 5 nitrogen and oxygen atoms in total. The van der Waals surface area contributed by atoms with Gasteiger partial charge in [-0.3, -0.25) is 4.79 Å². The summed E-state index contributed by atoms with van der Waals surface area (Å²) in [6.45, 7) is 0.188. The Morgan fingerprint density at radius 2 is 2.27 bits per heavy atom. The molecule has 0 aromatic rings. The molecule has 0 saturated heterocycles. The Labute approximate surface area is 86.2 Å². The Kier molecular flexibility index (Phi) is 4.47. The predicted molar refractivity (Wildman–Crippen MR) is 54.2 cm³/mol. The number of nitrogens with one attached hydrogen (secondary N) is 1. The zero-order valence-electron chi connectivity index (χ0n) is 7.67. The van der Waals surface area contributed by atoms with Crippen LogP contribution in [0, 0.1) is 0 Å². The second-order valence-corrected chi connectivity index (χ2v) is 3.09. The van der Waals surface area contributed by atoms with E-state index in [0.717, 1.165) is 0 Å². The third-order valence-electron chi connectivity index (χ3n) is 1.61. The molecule has 0 radical (unpaired) electrons. The van der Waals surface area contributed by atoms with E-state index in [-0.39, 0.29) is 0 Å². The van der Waals surface area contributed by atoms with Gasteiger partial charge in [0.05, 0.1) is 5.91 Å². The maximum absolute atomic E-state index is 11.3. The number of rotatable bonds is 3. The Balaban J connectivity index is 0.00000196. The van der Waals surface area contributed by atoms with Gasteiger partial charge in [0.1, 0.15) is 4.99 Å².